The second kappa shape index (κ2) is 4.11. The SMILES string of the molecule is COCc1c(F)ccc(CC2(N)CC2)c1F. The van der Waals surface area contributed by atoms with Crippen LogP contribution in [0.2, 0.25) is 0 Å². The Morgan fingerprint density at radius 2 is 2.06 bits per heavy atom. The van der Waals surface area contributed by atoms with Gasteiger partial charge < -0.3 is 10.5 Å². The van der Waals surface area contributed by atoms with Crippen molar-refractivity contribution in [2.75, 3.05) is 7.11 Å². The first-order valence-electron chi connectivity index (χ1n) is 5.29. The normalized spacial score (nSPS) is 17.5. The summed E-state index contributed by atoms with van der Waals surface area (Å²) < 4.78 is 32.0. The van der Waals surface area contributed by atoms with Crippen molar-refractivity contribution in [2.24, 2.45) is 5.73 Å². The lowest BCUT2D eigenvalue weighted by Crippen LogP contribution is -2.25. The van der Waals surface area contributed by atoms with Crippen molar-refractivity contribution in [3.05, 3.63) is 34.9 Å². The zero-order valence-electron chi connectivity index (χ0n) is 9.22. The van der Waals surface area contributed by atoms with E-state index < -0.39 is 11.6 Å². The molecule has 88 valence electrons. The Morgan fingerprint density at radius 1 is 1.38 bits per heavy atom. The number of methoxy groups -OCH3 is 1. The van der Waals surface area contributed by atoms with E-state index in [0.29, 0.717) is 12.0 Å². The molecule has 0 atom stereocenters. The van der Waals surface area contributed by atoms with Gasteiger partial charge in [0.2, 0.25) is 0 Å². The summed E-state index contributed by atoms with van der Waals surface area (Å²) in [6, 6.07) is 2.75. The molecule has 1 fully saturated rings. The number of nitrogens with two attached hydrogens (primary N) is 1. The predicted octanol–water partition coefficient (Wildman–Crippen LogP) is 2.15. The quantitative estimate of drug-likeness (QED) is 0.855. The summed E-state index contributed by atoms with van der Waals surface area (Å²) in [5.41, 5.74) is 6.11. The van der Waals surface area contributed by atoms with E-state index in [1.54, 1.807) is 0 Å². The van der Waals surface area contributed by atoms with Gasteiger partial charge in [-0.15, -0.1) is 0 Å². The fourth-order valence-electron chi connectivity index (χ4n) is 1.78. The molecular formula is C12H15F2NO. The van der Waals surface area contributed by atoms with Crippen LogP contribution in [0.15, 0.2) is 12.1 Å². The van der Waals surface area contributed by atoms with Gasteiger partial charge >= 0.3 is 0 Å². The Labute approximate surface area is 93.4 Å². The summed E-state index contributed by atoms with van der Waals surface area (Å²) in [5, 5.41) is 0. The number of rotatable bonds is 4. The highest BCUT2D eigenvalue weighted by Gasteiger charge is 2.38. The standard InChI is InChI=1S/C12H15F2NO/c1-16-7-9-10(13)3-2-8(11(9)14)6-12(15)4-5-12/h2-3H,4-7,15H2,1H3. The van der Waals surface area contributed by atoms with E-state index in [1.165, 1.54) is 19.2 Å². The summed E-state index contributed by atoms with van der Waals surface area (Å²) in [6.07, 6.45) is 2.28. The van der Waals surface area contributed by atoms with Crippen LogP contribution in [0.3, 0.4) is 0 Å². The molecule has 2 rings (SSSR count). The lowest BCUT2D eigenvalue weighted by Gasteiger charge is -2.12. The molecule has 1 aromatic carbocycles. The average Bonchev–Trinajstić information content (AvgIpc) is 2.96. The largest absolute Gasteiger partial charge is 0.380 e. The van der Waals surface area contributed by atoms with E-state index in [-0.39, 0.29) is 17.7 Å². The molecule has 0 amide bonds. The second-order valence-corrected chi connectivity index (χ2v) is 4.47. The maximum Gasteiger partial charge on any atom is 0.134 e. The first-order valence-corrected chi connectivity index (χ1v) is 5.29. The van der Waals surface area contributed by atoms with Gasteiger partial charge in [0.1, 0.15) is 11.6 Å². The molecule has 4 heteroatoms. The summed E-state index contributed by atoms with van der Waals surface area (Å²) in [4.78, 5) is 0. The molecule has 0 saturated heterocycles. The average molecular weight is 227 g/mol. The summed E-state index contributed by atoms with van der Waals surface area (Å²) in [7, 11) is 1.41. The number of hydrogen-bond donors (Lipinski definition) is 1. The maximum absolute atomic E-state index is 13.9. The molecule has 0 bridgehead atoms. The van der Waals surface area contributed by atoms with Crippen LogP contribution in [-0.2, 0) is 17.8 Å². The Bertz CT molecular complexity index is 402. The molecule has 0 heterocycles. The van der Waals surface area contributed by atoms with Crippen LogP contribution >= 0.6 is 0 Å². The van der Waals surface area contributed by atoms with Crippen LogP contribution in [0.4, 0.5) is 8.78 Å². The number of halogens is 2. The third kappa shape index (κ3) is 2.23. The van der Waals surface area contributed by atoms with Gasteiger partial charge in [-0.2, -0.15) is 0 Å². The number of ether oxygens (including phenoxy) is 1. The van der Waals surface area contributed by atoms with Crippen molar-refractivity contribution in [2.45, 2.75) is 31.4 Å². The molecular weight excluding hydrogens is 212 g/mol. The Balaban J connectivity index is 2.28. The lowest BCUT2D eigenvalue weighted by atomic mass is 10.0. The molecule has 16 heavy (non-hydrogen) atoms. The van der Waals surface area contributed by atoms with Crippen molar-refractivity contribution in [3.8, 4) is 0 Å². The monoisotopic (exact) mass is 227 g/mol. The fourth-order valence-corrected chi connectivity index (χ4v) is 1.78. The molecule has 0 radical (unpaired) electrons. The van der Waals surface area contributed by atoms with Crippen LogP contribution < -0.4 is 5.73 Å². The predicted molar refractivity (Wildman–Crippen MR) is 56.9 cm³/mol. The van der Waals surface area contributed by atoms with Crippen LogP contribution in [0.5, 0.6) is 0 Å². The van der Waals surface area contributed by atoms with Crippen molar-refractivity contribution in [3.63, 3.8) is 0 Å². The van der Waals surface area contributed by atoms with Crippen LogP contribution in [0.1, 0.15) is 24.0 Å². The van der Waals surface area contributed by atoms with E-state index >= 15 is 0 Å². The van der Waals surface area contributed by atoms with Crippen LogP contribution in [-0.4, -0.2) is 12.6 Å². The van der Waals surface area contributed by atoms with E-state index in [2.05, 4.69) is 0 Å². The highest BCUT2D eigenvalue weighted by Crippen LogP contribution is 2.36. The van der Waals surface area contributed by atoms with Gasteiger partial charge in [-0.3, -0.25) is 0 Å². The van der Waals surface area contributed by atoms with E-state index in [4.69, 9.17) is 10.5 Å². The third-order valence-corrected chi connectivity index (χ3v) is 2.99. The van der Waals surface area contributed by atoms with Crippen molar-refractivity contribution >= 4 is 0 Å². The minimum atomic E-state index is -0.565. The topological polar surface area (TPSA) is 35.2 Å². The van der Waals surface area contributed by atoms with Crippen molar-refractivity contribution in [1.29, 1.82) is 0 Å². The molecule has 0 aliphatic heterocycles. The minimum absolute atomic E-state index is 0.00995. The molecule has 1 aromatic rings. The minimum Gasteiger partial charge on any atom is -0.380 e. The third-order valence-electron chi connectivity index (χ3n) is 2.99. The van der Waals surface area contributed by atoms with Gasteiger partial charge in [0.05, 0.1) is 6.61 Å². The molecule has 1 saturated carbocycles. The van der Waals surface area contributed by atoms with E-state index in [1.807, 2.05) is 0 Å². The lowest BCUT2D eigenvalue weighted by molar-refractivity contribution is 0.177. The molecule has 1 aliphatic rings. The molecule has 0 spiro atoms. The zero-order valence-corrected chi connectivity index (χ0v) is 9.22. The Morgan fingerprint density at radius 3 is 2.62 bits per heavy atom. The van der Waals surface area contributed by atoms with Gasteiger partial charge in [0.15, 0.2) is 0 Å². The smallest absolute Gasteiger partial charge is 0.134 e. The highest BCUT2D eigenvalue weighted by molar-refractivity contribution is 5.29. The molecule has 0 aromatic heterocycles. The summed E-state index contributed by atoms with van der Waals surface area (Å²) in [6.45, 7) is -0.0525. The van der Waals surface area contributed by atoms with Crippen molar-refractivity contribution in [1.82, 2.24) is 0 Å². The Kier molecular flexibility index (Phi) is 2.95. The van der Waals surface area contributed by atoms with Gasteiger partial charge in [0.25, 0.3) is 0 Å². The first kappa shape index (κ1) is 11.5. The van der Waals surface area contributed by atoms with Crippen LogP contribution in [0.25, 0.3) is 0 Å². The Hall–Kier alpha value is -1.00. The van der Waals surface area contributed by atoms with Crippen molar-refractivity contribution < 1.29 is 13.5 Å². The zero-order chi connectivity index (χ0) is 11.8. The number of hydrogen-bond acceptors (Lipinski definition) is 2. The second-order valence-electron chi connectivity index (χ2n) is 4.47. The summed E-state index contributed by atoms with van der Waals surface area (Å²) >= 11 is 0. The molecule has 1 aliphatic carbocycles. The fraction of sp³-hybridized carbons (Fsp3) is 0.500. The number of benzene rings is 1. The van der Waals surface area contributed by atoms with Gasteiger partial charge in [-0.25, -0.2) is 8.78 Å². The molecule has 2 nitrogen and oxygen atoms in total. The summed E-state index contributed by atoms with van der Waals surface area (Å²) in [5.74, 6) is -1.08. The van der Waals surface area contributed by atoms with Gasteiger partial charge in [-0.05, 0) is 30.9 Å². The maximum atomic E-state index is 13.9. The van der Waals surface area contributed by atoms with E-state index in [9.17, 15) is 8.78 Å². The van der Waals surface area contributed by atoms with E-state index in [0.717, 1.165) is 12.8 Å². The molecule has 2 N–H and O–H groups in total. The van der Waals surface area contributed by atoms with Gasteiger partial charge in [-0.1, -0.05) is 6.07 Å². The van der Waals surface area contributed by atoms with Gasteiger partial charge in [0, 0.05) is 18.2 Å². The first-order chi connectivity index (χ1) is 7.56. The molecule has 0 unspecified atom stereocenters. The van der Waals surface area contributed by atoms with Crippen LogP contribution in [0, 0.1) is 11.6 Å². The highest BCUT2D eigenvalue weighted by atomic mass is 19.1.